The summed E-state index contributed by atoms with van der Waals surface area (Å²) < 4.78 is 13.3. The second-order valence-corrected chi connectivity index (χ2v) is 6.39. The summed E-state index contributed by atoms with van der Waals surface area (Å²) in [7, 11) is 0. The fraction of sp³-hybridized carbons (Fsp3) is 0.389. The molecule has 1 heterocycles. The topological polar surface area (TPSA) is 70.5 Å². The number of nitrogens with zero attached hydrogens (tertiary/aromatic N) is 2. The van der Waals surface area contributed by atoms with Gasteiger partial charge >= 0.3 is 5.97 Å². The van der Waals surface area contributed by atoms with Crippen molar-refractivity contribution in [3.63, 3.8) is 0 Å². The third-order valence-electron chi connectivity index (χ3n) is 4.34. The number of hydrogen-bond donors (Lipinski definition) is 1. The quantitative estimate of drug-likeness (QED) is 0.915. The SMILES string of the molecule is Cc1nc2cc(F)ccc2cc1C(=O)N(C[C@@H](C)C(=O)O)C1CC1. The van der Waals surface area contributed by atoms with Gasteiger partial charge in [0.1, 0.15) is 5.82 Å². The van der Waals surface area contributed by atoms with Crippen molar-refractivity contribution < 1.29 is 19.1 Å². The number of carbonyl (C=O) groups excluding carboxylic acids is 1. The number of halogens is 1. The molecule has 1 aliphatic carbocycles. The van der Waals surface area contributed by atoms with E-state index >= 15 is 0 Å². The zero-order chi connectivity index (χ0) is 17.4. The first-order valence-electron chi connectivity index (χ1n) is 7.97. The molecule has 1 aliphatic rings. The van der Waals surface area contributed by atoms with E-state index in [-0.39, 0.29) is 24.3 Å². The maximum Gasteiger partial charge on any atom is 0.308 e. The van der Waals surface area contributed by atoms with E-state index in [0.717, 1.165) is 12.8 Å². The number of carboxylic acids is 1. The number of fused-ring (bicyclic) bond motifs is 1. The van der Waals surface area contributed by atoms with Crippen molar-refractivity contribution in [1.29, 1.82) is 0 Å². The molecule has 0 saturated heterocycles. The molecule has 1 N–H and O–H groups in total. The minimum Gasteiger partial charge on any atom is -0.481 e. The van der Waals surface area contributed by atoms with Crippen LogP contribution in [0.2, 0.25) is 0 Å². The van der Waals surface area contributed by atoms with Crippen LogP contribution in [0.1, 0.15) is 35.8 Å². The smallest absolute Gasteiger partial charge is 0.308 e. The van der Waals surface area contributed by atoms with Gasteiger partial charge < -0.3 is 10.0 Å². The second-order valence-electron chi connectivity index (χ2n) is 6.39. The highest BCUT2D eigenvalue weighted by Gasteiger charge is 2.35. The Morgan fingerprint density at radius 2 is 2.08 bits per heavy atom. The molecule has 1 atom stereocenters. The summed E-state index contributed by atoms with van der Waals surface area (Å²) >= 11 is 0. The highest BCUT2D eigenvalue weighted by molar-refractivity contribution is 5.99. The summed E-state index contributed by atoms with van der Waals surface area (Å²) in [5.74, 6) is -2.13. The maximum absolute atomic E-state index is 13.3. The highest BCUT2D eigenvalue weighted by atomic mass is 19.1. The van der Waals surface area contributed by atoms with Gasteiger partial charge in [0.2, 0.25) is 0 Å². The molecule has 1 aromatic heterocycles. The molecule has 0 spiro atoms. The third-order valence-corrected chi connectivity index (χ3v) is 4.34. The number of rotatable bonds is 5. The van der Waals surface area contributed by atoms with Crippen molar-refractivity contribution >= 4 is 22.8 Å². The Morgan fingerprint density at radius 3 is 2.71 bits per heavy atom. The summed E-state index contributed by atoms with van der Waals surface area (Å²) in [6.45, 7) is 3.49. The molecule has 0 aliphatic heterocycles. The van der Waals surface area contributed by atoms with Gasteiger partial charge in [-0.05, 0) is 38.0 Å². The molecular formula is C18H19FN2O3. The zero-order valence-corrected chi connectivity index (χ0v) is 13.6. The summed E-state index contributed by atoms with van der Waals surface area (Å²) in [5.41, 5.74) is 1.46. The number of benzene rings is 1. The fourth-order valence-electron chi connectivity index (χ4n) is 2.76. The Kier molecular flexibility index (Phi) is 4.22. The van der Waals surface area contributed by atoms with Crippen LogP contribution in [-0.4, -0.2) is 39.5 Å². The number of amides is 1. The van der Waals surface area contributed by atoms with Crippen LogP contribution in [0.15, 0.2) is 24.3 Å². The van der Waals surface area contributed by atoms with Crippen LogP contribution in [0.3, 0.4) is 0 Å². The van der Waals surface area contributed by atoms with Gasteiger partial charge in [-0.25, -0.2) is 4.39 Å². The van der Waals surface area contributed by atoms with E-state index in [1.807, 2.05) is 0 Å². The van der Waals surface area contributed by atoms with Crippen molar-refractivity contribution in [3.8, 4) is 0 Å². The van der Waals surface area contributed by atoms with E-state index < -0.39 is 11.9 Å². The fourth-order valence-corrected chi connectivity index (χ4v) is 2.76. The Bertz CT molecular complexity index is 817. The van der Waals surface area contributed by atoms with Crippen LogP contribution >= 0.6 is 0 Å². The van der Waals surface area contributed by atoms with Crippen molar-refractivity contribution in [2.75, 3.05) is 6.54 Å². The second kappa shape index (κ2) is 6.19. The largest absolute Gasteiger partial charge is 0.481 e. The van der Waals surface area contributed by atoms with Crippen LogP contribution in [0.25, 0.3) is 10.9 Å². The Hall–Kier alpha value is -2.50. The Labute approximate surface area is 139 Å². The summed E-state index contributed by atoms with van der Waals surface area (Å²) in [5, 5.41) is 9.81. The van der Waals surface area contributed by atoms with Gasteiger partial charge in [0.25, 0.3) is 5.91 Å². The lowest BCUT2D eigenvalue weighted by molar-refractivity contribution is -0.141. The van der Waals surface area contributed by atoms with Crippen LogP contribution in [0.5, 0.6) is 0 Å². The van der Waals surface area contributed by atoms with Crippen LogP contribution in [0, 0.1) is 18.7 Å². The number of pyridine rings is 1. The Balaban J connectivity index is 1.95. The van der Waals surface area contributed by atoms with E-state index in [2.05, 4.69) is 4.98 Å². The number of carbonyl (C=O) groups is 2. The number of aryl methyl sites for hydroxylation is 1. The molecule has 126 valence electrons. The highest BCUT2D eigenvalue weighted by Crippen LogP contribution is 2.30. The molecule has 1 fully saturated rings. The molecule has 1 aromatic carbocycles. The molecule has 1 saturated carbocycles. The third kappa shape index (κ3) is 3.22. The summed E-state index contributed by atoms with van der Waals surface area (Å²) in [4.78, 5) is 30.0. The molecule has 5 nitrogen and oxygen atoms in total. The van der Waals surface area contributed by atoms with Gasteiger partial charge in [0.15, 0.2) is 0 Å². The number of carboxylic acid groups (broad SMARTS) is 1. The van der Waals surface area contributed by atoms with E-state index in [9.17, 15) is 14.0 Å². The van der Waals surface area contributed by atoms with E-state index in [4.69, 9.17) is 5.11 Å². The number of aromatic nitrogens is 1. The number of hydrogen-bond acceptors (Lipinski definition) is 3. The molecular weight excluding hydrogens is 311 g/mol. The van der Waals surface area contributed by atoms with Crippen molar-refractivity contribution in [3.05, 3.63) is 41.3 Å². The van der Waals surface area contributed by atoms with Crippen molar-refractivity contribution in [2.45, 2.75) is 32.7 Å². The van der Waals surface area contributed by atoms with Gasteiger partial charge in [-0.2, -0.15) is 0 Å². The monoisotopic (exact) mass is 330 g/mol. The molecule has 2 aromatic rings. The van der Waals surface area contributed by atoms with Gasteiger partial charge in [-0.3, -0.25) is 14.6 Å². The van der Waals surface area contributed by atoms with Crippen molar-refractivity contribution in [1.82, 2.24) is 9.88 Å². The molecule has 3 rings (SSSR count). The molecule has 0 bridgehead atoms. The van der Waals surface area contributed by atoms with Crippen LogP contribution < -0.4 is 0 Å². The van der Waals surface area contributed by atoms with Gasteiger partial charge in [0.05, 0.1) is 22.7 Å². The van der Waals surface area contributed by atoms with Gasteiger partial charge in [-0.15, -0.1) is 0 Å². The van der Waals surface area contributed by atoms with Crippen LogP contribution in [0.4, 0.5) is 4.39 Å². The van der Waals surface area contributed by atoms with Gasteiger partial charge in [-0.1, -0.05) is 6.92 Å². The lowest BCUT2D eigenvalue weighted by Gasteiger charge is -2.25. The Morgan fingerprint density at radius 1 is 1.38 bits per heavy atom. The lowest BCUT2D eigenvalue weighted by atomic mass is 10.1. The van der Waals surface area contributed by atoms with E-state index in [1.165, 1.54) is 12.1 Å². The zero-order valence-electron chi connectivity index (χ0n) is 13.6. The first-order chi connectivity index (χ1) is 11.4. The molecule has 0 unspecified atom stereocenters. The minimum absolute atomic E-state index is 0.0996. The molecule has 24 heavy (non-hydrogen) atoms. The van der Waals surface area contributed by atoms with Crippen LogP contribution in [-0.2, 0) is 4.79 Å². The van der Waals surface area contributed by atoms with E-state index in [0.29, 0.717) is 22.2 Å². The minimum atomic E-state index is -0.919. The number of aliphatic carboxylic acids is 1. The predicted octanol–water partition coefficient (Wildman–Crippen LogP) is 3.01. The van der Waals surface area contributed by atoms with Crippen molar-refractivity contribution in [2.24, 2.45) is 5.92 Å². The molecule has 1 amide bonds. The van der Waals surface area contributed by atoms with E-state index in [1.54, 1.807) is 30.9 Å². The summed E-state index contributed by atoms with van der Waals surface area (Å²) in [6.07, 6.45) is 1.78. The van der Waals surface area contributed by atoms with Gasteiger partial charge in [0, 0.05) is 24.0 Å². The lowest BCUT2D eigenvalue weighted by Crippen LogP contribution is -2.39. The molecule has 6 heteroatoms. The normalized spacial score (nSPS) is 15.3. The standard InChI is InChI=1S/C18H19FN2O3/c1-10(18(23)24)9-21(14-5-6-14)17(22)15-7-12-3-4-13(19)8-16(12)20-11(15)2/h3-4,7-8,10,14H,5-6,9H2,1-2H3,(H,23,24)/t10-/m1/s1. The molecule has 0 radical (unpaired) electrons. The predicted molar refractivity (Wildman–Crippen MR) is 87.3 cm³/mol. The average molecular weight is 330 g/mol. The first-order valence-corrected chi connectivity index (χ1v) is 7.97. The first kappa shape index (κ1) is 16.4. The maximum atomic E-state index is 13.3. The summed E-state index contributed by atoms with van der Waals surface area (Å²) in [6, 6.07) is 6.07. The average Bonchev–Trinajstić information content (AvgIpc) is 3.35.